The van der Waals surface area contributed by atoms with Crippen molar-refractivity contribution in [2.75, 3.05) is 5.88 Å². The summed E-state index contributed by atoms with van der Waals surface area (Å²) < 4.78 is 0. The van der Waals surface area contributed by atoms with Gasteiger partial charge in [0, 0.05) is 11.8 Å². The zero-order valence-corrected chi connectivity index (χ0v) is 12.7. The fourth-order valence-electron chi connectivity index (χ4n) is 2.66. The number of aryl methyl sites for hydroxylation is 3. The van der Waals surface area contributed by atoms with E-state index in [0.717, 1.165) is 6.42 Å². The van der Waals surface area contributed by atoms with Crippen LogP contribution in [0.1, 0.15) is 33.7 Å². The molecule has 0 aliphatic rings. The first-order valence-corrected chi connectivity index (χ1v) is 7.31. The molecule has 0 aromatic heterocycles. The van der Waals surface area contributed by atoms with Crippen LogP contribution < -0.4 is 0 Å². The summed E-state index contributed by atoms with van der Waals surface area (Å²) in [6.45, 7) is 6.43. The van der Waals surface area contributed by atoms with Crippen LogP contribution in [0, 0.1) is 20.8 Å². The van der Waals surface area contributed by atoms with Crippen LogP contribution in [0.5, 0.6) is 0 Å². The average molecular weight is 273 g/mol. The summed E-state index contributed by atoms with van der Waals surface area (Å²) in [5.74, 6) is 1.05. The van der Waals surface area contributed by atoms with Crippen LogP contribution >= 0.6 is 11.6 Å². The Labute approximate surface area is 121 Å². The minimum atomic E-state index is 0.391. The molecule has 0 fully saturated rings. The van der Waals surface area contributed by atoms with E-state index in [1.54, 1.807) is 0 Å². The van der Waals surface area contributed by atoms with Gasteiger partial charge in [-0.05, 0) is 38.3 Å². The molecule has 19 heavy (non-hydrogen) atoms. The van der Waals surface area contributed by atoms with E-state index in [1.807, 2.05) is 0 Å². The molecule has 1 unspecified atom stereocenters. The number of alkyl halides is 1. The van der Waals surface area contributed by atoms with E-state index in [0.29, 0.717) is 11.8 Å². The Morgan fingerprint density at radius 3 is 2.16 bits per heavy atom. The number of hydrogen-bond donors (Lipinski definition) is 0. The Kier molecular flexibility index (Phi) is 4.66. The summed E-state index contributed by atoms with van der Waals surface area (Å²) in [6.07, 6.45) is 1.01. The highest BCUT2D eigenvalue weighted by Gasteiger charge is 2.12. The molecule has 0 aliphatic carbocycles. The fourth-order valence-corrected chi connectivity index (χ4v) is 2.94. The lowest BCUT2D eigenvalue weighted by molar-refractivity contribution is 0.764. The predicted molar refractivity (Wildman–Crippen MR) is 84.3 cm³/mol. The number of benzene rings is 2. The van der Waals surface area contributed by atoms with E-state index in [9.17, 15) is 0 Å². The molecule has 2 aromatic carbocycles. The Bertz CT molecular complexity index is 537. The average Bonchev–Trinajstić information content (AvgIpc) is 2.34. The Hall–Kier alpha value is -1.27. The van der Waals surface area contributed by atoms with E-state index >= 15 is 0 Å². The second-order valence-electron chi connectivity index (χ2n) is 5.47. The third-order valence-electron chi connectivity index (χ3n) is 3.46. The topological polar surface area (TPSA) is 0 Å². The lowest BCUT2D eigenvalue weighted by Crippen LogP contribution is -2.05. The third-order valence-corrected chi connectivity index (χ3v) is 3.84. The van der Waals surface area contributed by atoms with Gasteiger partial charge in [0.25, 0.3) is 0 Å². The van der Waals surface area contributed by atoms with Crippen molar-refractivity contribution in [3.05, 3.63) is 70.3 Å². The van der Waals surface area contributed by atoms with Crippen LogP contribution in [0.15, 0.2) is 42.5 Å². The van der Waals surface area contributed by atoms with Crippen LogP contribution in [0.4, 0.5) is 0 Å². The van der Waals surface area contributed by atoms with Gasteiger partial charge in [-0.2, -0.15) is 0 Å². The fraction of sp³-hybridized carbons (Fsp3) is 0.333. The van der Waals surface area contributed by atoms with Crippen molar-refractivity contribution < 1.29 is 0 Å². The predicted octanol–water partition coefficient (Wildman–Crippen LogP) is 5.18. The standard InChI is InChI=1S/C18H21Cl/c1-13-5-4-6-17(10-13)18(12-19)11-16-8-14(2)7-15(3)9-16/h4-10,18H,11-12H2,1-3H3. The molecule has 1 atom stereocenters. The smallest absolute Gasteiger partial charge is 0.0295 e. The second-order valence-corrected chi connectivity index (χ2v) is 5.77. The molecule has 0 radical (unpaired) electrons. The zero-order chi connectivity index (χ0) is 13.8. The Balaban J connectivity index is 2.23. The van der Waals surface area contributed by atoms with Gasteiger partial charge in [-0.25, -0.2) is 0 Å². The minimum Gasteiger partial charge on any atom is -0.126 e. The normalized spacial score (nSPS) is 12.4. The summed E-state index contributed by atoms with van der Waals surface area (Å²) in [7, 11) is 0. The van der Waals surface area contributed by atoms with Crippen LogP contribution in [0.25, 0.3) is 0 Å². The molecule has 0 saturated heterocycles. The van der Waals surface area contributed by atoms with E-state index in [4.69, 9.17) is 11.6 Å². The maximum atomic E-state index is 6.18. The molecule has 0 saturated carbocycles. The van der Waals surface area contributed by atoms with Gasteiger partial charge in [-0.1, -0.05) is 59.2 Å². The first-order chi connectivity index (χ1) is 9.08. The lowest BCUT2D eigenvalue weighted by atomic mass is 9.91. The first-order valence-electron chi connectivity index (χ1n) is 6.78. The van der Waals surface area contributed by atoms with E-state index in [-0.39, 0.29) is 0 Å². The summed E-state index contributed by atoms with van der Waals surface area (Å²) in [5.41, 5.74) is 6.67. The van der Waals surface area contributed by atoms with Crippen LogP contribution in [0.2, 0.25) is 0 Å². The maximum absolute atomic E-state index is 6.18. The molecule has 0 spiro atoms. The molecule has 0 nitrogen and oxygen atoms in total. The molecular weight excluding hydrogens is 252 g/mol. The monoisotopic (exact) mass is 272 g/mol. The van der Waals surface area contributed by atoms with E-state index < -0.39 is 0 Å². The molecule has 0 bridgehead atoms. The second kappa shape index (κ2) is 6.25. The molecular formula is C18H21Cl. The summed E-state index contributed by atoms with van der Waals surface area (Å²) >= 11 is 6.18. The third kappa shape index (κ3) is 3.84. The molecule has 100 valence electrons. The van der Waals surface area contributed by atoms with Gasteiger partial charge in [-0.3, -0.25) is 0 Å². The van der Waals surface area contributed by atoms with Crippen LogP contribution in [0.3, 0.4) is 0 Å². The molecule has 0 amide bonds. The summed E-state index contributed by atoms with van der Waals surface area (Å²) in [6, 6.07) is 15.4. The molecule has 2 rings (SSSR count). The van der Waals surface area contributed by atoms with Gasteiger partial charge in [-0.15, -0.1) is 11.6 Å². The van der Waals surface area contributed by atoms with Crippen molar-refractivity contribution in [3.63, 3.8) is 0 Å². The number of halogens is 1. The largest absolute Gasteiger partial charge is 0.126 e. The van der Waals surface area contributed by atoms with Crippen molar-refractivity contribution in [2.45, 2.75) is 33.1 Å². The van der Waals surface area contributed by atoms with Gasteiger partial charge in [0.2, 0.25) is 0 Å². The summed E-state index contributed by atoms with van der Waals surface area (Å²) in [4.78, 5) is 0. The lowest BCUT2D eigenvalue weighted by Gasteiger charge is -2.16. The van der Waals surface area contributed by atoms with Gasteiger partial charge < -0.3 is 0 Å². The van der Waals surface area contributed by atoms with Gasteiger partial charge in [0.15, 0.2) is 0 Å². The van der Waals surface area contributed by atoms with E-state index in [1.165, 1.54) is 27.8 Å². The van der Waals surface area contributed by atoms with Gasteiger partial charge in [0.05, 0.1) is 0 Å². The van der Waals surface area contributed by atoms with Crippen molar-refractivity contribution in [3.8, 4) is 0 Å². The van der Waals surface area contributed by atoms with Crippen molar-refractivity contribution >= 4 is 11.6 Å². The van der Waals surface area contributed by atoms with Crippen molar-refractivity contribution in [1.29, 1.82) is 0 Å². The van der Waals surface area contributed by atoms with Gasteiger partial charge >= 0.3 is 0 Å². The SMILES string of the molecule is Cc1cc(C)cc(CC(CCl)c2cccc(C)c2)c1. The molecule has 0 N–H and O–H groups in total. The first kappa shape index (κ1) is 14.1. The van der Waals surface area contributed by atoms with Gasteiger partial charge in [0.1, 0.15) is 0 Å². The highest BCUT2D eigenvalue weighted by Crippen LogP contribution is 2.24. The quantitative estimate of drug-likeness (QED) is 0.673. The number of rotatable bonds is 4. The van der Waals surface area contributed by atoms with Crippen molar-refractivity contribution in [2.24, 2.45) is 0 Å². The highest BCUT2D eigenvalue weighted by atomic mass is 35.5. The van der Waals surface area contributed by atoms with Crippen LogP contribution in [-0.2, 0) is 6.42 Å². The maximum Gasteiger partial charge on any atom is 0.0295 e. The molecule has 2 aromatic rings. The van der Waals surface area contributed by atoms with Crippen LogP contribution in [-0.4, -0.2) is 5.88 Å². The highest BCUT2D eigenvalue weighted by molar-refractivity contribution is 6.18. The van der Waals surface area contributed by atoms with Crippen molar-refractivity contribution in [1.82, 2.24) is 0 Å². The summed E-state index contributed by atoms with van der Waals surface area (Å²) in [5, 5.41) is 0. The molecule has 0 heterocycles. The molecule has 1 heteroatoms. The van der Waals surface area contributed by atoms with E-state index in [2.05, 4.69) is 63.2 Å². The number of hydrogen-bond acceptors (Lipinski definition) is 0. The molecule has 0 aliphatic heterocycles. The Morgan fingerprint density at radius 2 is 1.58 bits per heavy atom. The minimum absolute atomic E-state index is 0.391. The zero-order valence-electron chi connectivity index (χ0n) is 11.9. The Morgan fingerprint density at radius 1 is 0.895 bits per heavy atom.